The van der Waals surface area contributed by atoms with Crippen LogP contribution in [0.3, 0.4) is 0 Å². The van der Waals surface area contributed by atoms with Gasteiger partial charge in [-0.2, -0.15) is 0 Å². The van der Waals surface area contributed by atoms with Crippen molar-refractivity contribution in [1.82, 2.24) is 0 Å². The molecule has 224 valence electrons. The maximum Gasteiger partial charge on any atom is 0.318 e. The van der Waals surface area contributed by atoms with E-state index >= 15 is 0 Å². The summed E-state index contributed by atoms with van der Waals surface area (Å²) in [7, 11) is 0. The van der Waals surface area contributed by atoms with Crippen LogP contribution in [0.15, 0.2) is 60.4 Å². The summed E-state index contributed by atoms with van der Waals surface area (Å²) in [6, 6.07) is 15.0. The van der Waals surface area contributed by atoms with Gasteiger partial charge in [-0.1, -0.05) is 115 Å². The first-order valence-electron chi connectivity index (χ1n) is 15.5. The zero-order valence-electron chi connectivity index (χ0n) is 25.5. The van der Waals surface area contributed by atoms with Crippen LogP contribution in [-0.4, -0.2) is 27.3 Å². The summed E-state index contributed by atoms with van der Waals surface area (Å²) in [5, 5.41) is 31.9. The molecular weight excluding hydrogens is 512 g/mol. The van der Waals surface area contributed by atoms with Crippen LogP contribution in [-0.2, 0) is 33.3 Å². The summed E-state index contributed by atoms with van der Waals surface area (Å²) in [6.07, 6.45) is 12.2. The normalized spacial score (nSPS) is 20.8. The zero-order chi connectivity index (χ0) is 30.0. The van der Waals surface area contributed by atoms with E-state index in [-0.39, 0.29) is 18.6 Å². The number of allylic oxidation sites excluding steroid dienone is 1. The molecule has 0 radical (unpaired) electrons. The predicted molar refractivity (Wildman–Crippen MR) is 165 cm³/mol. The Kier molecular flexibility index (Phi) is 11.6. The number of aliphatic hydroxyl groups excluding tert-OH is 1. The SMILES string of the molecule is CC(C)CCCCCc1ccc(C2(C(=O)O)C=C(O)CC(C(=O)O)(c3ccc(CCCCCC(C)C)cc3)C2)cc1. The first-order valence-corrected chi connectivity index (χ1v) is 15.5. The first-order chi connectivity index (χ1) is 19.5. The number of carbonyl (C=O) groups is 2. The van der Waals surface area contributed by atoms with Crippen LogP contribution in [0, 0.1) is 11.8 Å². The second-order valence-corrected chi connectivity index (χ2v) is 13.0. The maximum atomic E-state index is 12.9. The lowest BCUT2D eigenvalue weighted by atomic mass is 9.59. The summed E-state index contributed by atoms with van der Waals surface area (Å²) >= 11 is 0. The molecular formula is C36H50O5. The monoisotopic (exact) mass is 562 g/mol. The number of aliphatic carboxylic acids is 2. The summed E-state index contributed by atoms with van der Waals surface area (Å²) < 4.78 is 0. The molecule has 1 aliphatic carbocycles. The van der Waals surface area contributed by atoms with E-state index < -0.39 is 22.8 Å². The van der Waals surface area contributed by atoms with E-state index in [2.05, 4.69) is 27.7 Å². The average molecular weight is 563 g/mol. The van der Waals surface area contributed by atoms with Crippen LogP contribution in [0.25, 0.3) is 0 Å². The van der Waals surface area contributed by atoms with Gasteiger partial charge in [0.15, 0.2) is 0 Å². The molecule has 2 aromatic carbocycles. The summed E-state index contributed by atoms with van der Waals surface area (Å²) in [4.78, 5) is 25.8. The Balaban J connectivity index is 1.80. The van der Waals surface area contributed by atoms with Gasteiger partial charge >= 0.3 is 11.9 Å². The van der Waals surface area contributed by atoms with Crippen LogP contribution < -0.4 is 0 Å². The van der Waals surface area contributed by atoms with E-state index in [9.17, 15) is 24.9 Å². The zero-order valence-corrected chi connectivity index (χ0v) is 25.5. The molecule has 5 nitrogen and oxygen atoms in total. The highest BCUT2D eigenvalue weighted by molar-refractivity contribution is 5.89. The summed E-state index contributed by atoms with van der Waals surface area (Å²) in [5.74, 6) is -1.06. The Hall–Kier alpha value is -3.08. The highest BCUT2D eigenvalue weighted by Crippen LogP contribution is 2.49. The number of hydrogen-bond acceptors (Lipinski definition) is 3. The molecule has 0 saturated heterocycles. The van der Waals surface area contributed by atoms with Crippen LogP contribution in [0.1, 0.15) is 114 Å². The van der Waals surface area contributed by atoms with Crippen molar-refractivity contribution in [1.29, 1.82) is 0 Å². The second-order valence-electron chi connectivity index (χ2n) is 13.0. The number of hydrogen-bond donors (Lipinski definition) is 3. The van der Waals surface area contributed by atoms with Gasteiger partial charge in [-0.15, -0.1) is 0 Å². The standard InChI is InChI=1S/C36H50O5/c1-26(2)11-7-5-9-13-28-15-19-30(20-16-28)35(33(38)39)23-32(37)24-36(25-35,34(40)41)31-21-17-29(18-22-31)14-10-6-8-12-27(3)4/h15-23,26-27,37H,5-14,24-25H2,1-4H3,(H,38,39)(H,40,41). The van der Waals surface area contributed by atoms with Crippen molar-refractivity contribution < 1.29 is 24.9 Å². The summed E-state index contributed by atoms with van der Waals surface area (Å²) in [6.45, 7) is 8.94. The Labute approximate surface area is 246 Å². The molecule has 2 unspecified atom stereocenters. The third-order valence-corrected chi connectivity index (χ3v) is 8.74. The van der Waals surface area contributed by atoms with Crippen LogP contribution in [0.4, 0.5) is 0 Å². The Morgan fingerprint density at radius 3 is 1.56 bits per heavy atom. The molecule has 3 N–H and O–H groups in total. The van der Waals surface area contributed by atoms with E-state index in [0.717, 1.165) is 49.7 Å². The van der Waals surface area contributed by atoms with Crippen molar-refractivity contribution in [3.63, 3.8) is 0 Å². The number of aryl methyl sites for hydroxylation is 2. The first kappa shape index (κ1) is 32.4. The van der Waals surface area contributed by atoms with Crippen molar-refractivity contribution >= 4 is 11.9 Å². The molecule has 0 bridgehead atoms. The van der Waals surface area contributed by atoms with Gasteiger partial charge in [0, 0.05) is 6.42 Å². The maximum absolute atomic E-state index is 12.9. The molecule has 5 heteroatoms. The molecule has 3 rings (SSSR count). The molecule has 0 saturated carbocycles. The van der Waals surface area contributed by atoms with Gasteiger partial charge in [0.25, 0.3) is 0 Å². The third kappa shape index (κ3) is 8.47. The number of carboxylic acid groups (broad SMARTS) is 2. The van der Waals surface area contributed by atoms with E-state index in [1.54, 1.807) is 12.1 Å². The molecule has 0 aromatic heterocycles. The highest BCUT2D eigenvalue weighted by atomic mass is 16.4. The van der Waals surface area contributed by atoms with Gasteiger partial charge in [0.1, 0.15) is 10.8 Å². The van der Waals surface area contributed by atoms with E-state index in [4.69, 9.17) is 0 Å². The van der Waals surface area contributed by atoms with Crippen molar-refractivity contribution in [2.75, 3.05) is 0 Å². The number of unbranched alkanes of at least 4 members (excludes halogenated alkanes) is 4. The molecule has 41 heavy (non-hydrogen) atoms. The smallest absolute Gasteiger partial charge is 0.318 e. The van der Waals surface area contributed by atoms with Crippen molar-refractivity contribution in [3.8, 4) is 0 Å². The van der Waals surface area contributed by atoms with Gasteiger partial charge in [-0.25, -0.2) is 0 Å². The lowest BCUT2D eigenvalue weighted by Crippen LogP contribution is -2.49. The van der Waals surface area contributed by atoms with E-state index in [1.807, 2.05) is 36.4 Å². The van der Waals surface area contributed by atoms with Gasteiger partial charge in [-0.3, -0.25) is 9.59 Å². The van der Waals surface area contributed by atoms with Crippen LogP contribution in [0.2, 0.25) is 0 Å². The molecule has 2 atom stereocenters. The highest BCUT2D eigenvalue weighted by Gasteiger charge is 2.55. The number of aliphatic hydroxyl groups is 1. The fourth-order valence-electron chi connectivity index (χ4n) is 6.24. The minimum absolute atomic E-state index is 0.139. The van der Waals surface area contributed by atoms with Crippen molar-refractivity contribution in [3.05, 3.63) is 82.6 Å². The van der Waals surface area contributed by atoms with Gasteiger partial charge in [0.05, 0.1) is 5.76 Å². The second kappa shape index (κ2) is 14.7. The molecule has 2 aromatic rings. The molecule has 0 amide bonds. The molecule has 0 fully saturated rings. The van der Waals surface area contributed by atoms with Gasteiger partial charge in [-0.05, 0) is 72.3 Å². The Morgan fingerprint density at radius 2 is 1.15 bits per heavy atom. The van der Waals surface area contributed by atoms with Crippen molar-refractivity contribution in [2.45, 2.75) is 116 Å². The minimum atomic E-state index is -1.65. The minimum Gasteiger partial charge on any atom is -0.513 e. The Morgan fingerprint density at radius 1 is 0.683 bits per heavy atom. The number of benzene rings is 2. The van der Waals surface area contributed by atoms with Gasteiger partial charge in [0.2, 0.25) is 0 Å². The number of rotatable bonds is 16. The van der Waals surface area contributed by atoms with E-state index in [1.165, 1.54) is 31.8 Å². The predicted octanol–water partition coefficient (Wildman–Crippen LogP) is 8.79. The molecule has 0 aliphatic heterocycles. The van der Waals surface area contributed by atoms with Crippen LogP contribution >= 0.6 is 0 Å². The Bertz CT molecular complexity index is 1160. The van der Waals surface area contributed by atoms with Gasteiger partial charge < -0.3 is 15.3 Å². The fraction of sp³-hybridized carbons (Fsp3) is 0.556. The average Bonchev–Trinajstić information content (AvgIpc) is 2.92. The topological polar surface area (TPSA) is 94.8 Å². The summed E-state index contributed by atoms with van der Waals surface area (Å²) in [5.41, 5.74) is 0.0828. The molecule has 0 heterocycles. The lowest BCUT2D eigenvalue weighted by molar-refractivity contribution is -0.149. The molecule has 1 aliphatic rings. The molecule has 0 spiro atoms. The largest absolute Gasteiger partial charge is 0.513 e. The number of carboxylic acids is 2. The van der Waals surface area contributed by atoms with E-state index in [0.29, 0.717) is 23.0 Å². The van der Waals surface area contributed by atoms with Crippen molar-refractivity contribution in [2.24, 2.45) is 11.8 Å². The van der Waals surface area contributed by atoms with Crippen LogP contribution in [0.5, 0.6) is 0 Å². The quantitative estimate of drug-likeness (QED) is 0.178. The lowest BCUT2D eigenvalue weighted by Gasteiger charge is -2.41. The fourth-order valence-corrected chi connectivity index (χ4v) is 6.24. The third-order valence-electron chi connectivity index (χ3n) is 8.74.